The van der Waals surface area contributed by atoms with Gasteiger partial charge in [0.25, 0.3) is 0 Å². The second kappa shape index (κ2) is 6.97. The number of urea groups is 1. The van der Waals surface area contributed by atoms with Gasteiger partial charge in [-0.15, -0.1) is 0 Å². The maximum absolute atomic E-state index is 12.5. The van der Waals surface area contributed by atoms with E-state index in [1.165, 1.54) is 32.1 Å². The summed E-state index contributed by atoms with van der Waals surface area (Å²) in [6.45, 7) is 7.58. The molecule has 120 valence electrons. The topological polar surface area (TPSA) is 44.8 Å². The summed E-state index contributed by atoms with van der Waals surface area (Å²) in [7, 11) is 0. The van der Waals surface area contributed by atoms with Crippen molar-refractivity contribution in [3.63, 3.8) is 0 Å². The molecule has 21 heavy (non-hydrogen) atoms. The van der Waals surface area contributed by atoms with Crippen molar-refractivity contribution in [3.8, 4) is 0 Å². The van der Waals surface area contributed by atoms with Gasteiger partial charge in [-0.2, -0.15) is 0 Å². The average Bonchev–Trinajstić information content (AvgIpc) is 2.86. The van der Waals surface area contributed by atoms with E-state index in [1.54, 1.807) is 0 Å². The zero-order valence-electron chi connectivity index (χ0n) is 13.2. The van der Waals surface area contributed by atoms with Crippen LogP contribution in [0.15, 0.2) is 0 Å². The van der Waals surface area contributed by atoms with Crippen LogP contribution in [0.1, 0.15) is 39.0 Å². The normalized spacial score (nSPS) is 29.2. The van der Waals surface area contributed by atoms with E-state index in [2.05, 4.69) is 22.0 Å². The predicted octanol–water partition coefficient (Wildman–Crippen LogP) is 1.68. The molecule has 1 N–H and O–H groups in total. The zero-order valence-corrected chi connectivity index (χ0v) is 13.2. The lowest BCUT2D eigenvalue weighted by Gasteiger charge is -2.37. The number of carbonyl (C=O) groups excluding carboxylic acids is 1. The van der Waals surface area contributed by atoms with Crippen LogP contribution in [0.4, 0.5) is 4.79 Å². The SMILES string of the molecule is C[C@@H](CN1CCOCC1)NC(=O)N1CCC[C@@H]1C1CCC1. The van der Waals surface area contributed by atoms with E-state index in [0.29, 0.717) is 6.04 Å². The zero-order chi connectivity index (χ0) is 14.7. The number of likely N-dealkylation sites (tertiary alicyclic amines) is 1. The lowest BCUT2D eigenvalue weighted by Crippen LogP contribution is -2.52. The Morgan fingerprint density at radius 2 is 1.95 bits per heavy atom. The van der Waals surface area contributed by atoms with Crippen molar-refractivity contribution in [2.24, 2.45) is 5.92 Å². The van der Waals surface area contributed by atoms with E-state index < -0.39 is 0 Å². The molecule has 2 amide bonds. The Bertz CT molecular complexity index is 353. The molecule has 1 saturated carbocycles. The smallest absolute Gasteiger partial charge is 0.317 e. The first-order valence-corrected chi connectivity index (χ1v) is 8.61. The fourth-order valence-electron chi connectivity index (χ4n) is 3.87. The number of amides is 2. The van der Waals surface area contributed by atoms with Crippen molar-refractivity contribution in [3.05, 3.63) is 0 Å². The van der Waals surface area contributed by atoms with Crippen LogP contribution in [0.5, 0.6) is 0 Å². The van der Waals surface area contributed by atoms with E-state index in [4.69, 9.17) is 4.74 Å². The molecule has 0 aromatic carbocycles. The quantitative estimate of drug-likeness (QED) is 0.858. The fraction of sp³-hybridized carbons (Fsp3) is 0.938. The number of nitrogens with zero attached hydrogens (tertiary/aromatic N) is 2. The third kappa shape index (κ3) is 3.69. The highest BCUT2D eigenvalue weighted by atomic mass is 16.5. The Morgan fingerprint density at radius 3 is 2.62 bits per heavy atom. The first-order chi connectivity index (χ1) is 10.2. The summed E-state index contributed by atoms with van der Waals surface area (Å²) in [6.07, 6.45) is 6.36. The summed E-state index contributed by atoms with van der Waals surface area (Å²) in [5, 5.41) is 3.21. The summed E-state index contributed by atoms with van der Waals surface area (Å²) in [6, 6.07) is 0.873. The molecule has 0 aromatic rings. The van der Waals surface area contributed by atoms with E-state index in [0.717, 1.165) is 45.3 Å². The first kappa shape index (κ1) is 15.1. The first-order valence-electron chi connectivity index (χ1n) is 8.61. The molecule has 2 saturated heterocycles. The molecule has 5 nitrogen and oxygen atoms in total. The van der Waals surface area contributed by atoms with Gasteiger partial charge in [0.15, 0.2) is 0 Å². The molecule has 2 heterocycles. The number of carbonyl (C=O) groups is 1. The molecule has 5 heteroatoms. The number of morpholine rings is 1. The van der Waals surface area contributed by atoms with Crippen molar-refractivity contribution >= 4 is 6.03 Å². The Morgan fingerprint density at radius 1 is 1.19 bits per heavy atom. The van der Waals surface area contributed by atoms with Gasteiger partial charge >= 0.3 is 6.03 Å². The lowest BCUT2D eigenvalue weighted by atomic mass is 9.79. The minimum Gasteiger partial charge on any atom is -0.379 e. The highest BCUT2D eigenvalue weighted by Crippen LogP contribution is 2.37. The molecule has 0 spiro atoms. The second-order valence-corrected chi connectivity index (χ2v) is 6.86. The molecule has 1 aliphatic carbocycles. The Labute approximate surface area is 128 Å². The van der Waals surface area contributed by atoms with Crippen molar-refractivity contribution in [2.45, 2.75) is 51.1 Å². The summed E-state index contributed by atoms with van der Waals surface area (Å²) in [4.78, 5) is 17.0. The second-order valence-electron chi connectivity index (χ2n) is 6.86. The van der Waals surface area contributed by atoms with Crippen molar-refractivity contribution in [1.82, 2.24) is 15.1 Å². The summed E-state index contributed by atoms with van der Waals surface area (Å²) < 4.78 is 5.37. The third-order valence-corrected chi connectivity index (χ3v) is 5.26. The average molecular weight is 295 g/mol. The van der Waals surface area contributed by atoms with Crippen LogP contribution in [-0.4, -0.2) is 67.3 Å². The van der Waals surface area contributed by atoms with E-state index in [1.807, 2.05) is 0 Å². The number of ether oxygens (including phenoxy) is 1. The summed E-state index contributed by atoms with van der Waals surface area (Å²) >= 11 is 0. The molecule has 0 bridgehead atoms. The lowest BCUT2D eigenvalue weighted by molar-refractivity contribution is 0.0344. The van der Waals surface area contributed by atoms with Gasteiger partial charge in [0.1, 0.15) is 0 Å². The molecule has 2 atom stereocenters. The largest absolute Gasteiger partial charge is 0.379 e. The van der Waals surface area contributed by atoms with Gasteiger partial charge < -0.3 is 15.0 Å². The summed E-state index contributed by atoms with van der Waals surface area (Å²) in [5.41, 5.74) is 0. The van der Waals surface area contributed by atoms with Crippen molar-refractivity contribution in [2.75, 3.05) is 39.4 Å². The minimum absolute atomic E-state index is 0.158. The predicted molar refractivity (Wildman–Crippen MR) is 82.3 cm³/mol. The van der Waals surface area contributed by atoms with Gasteiger partial charge in [0, 0.05) is 38.3 Å². The molecule has 2 aliphatic heterocycles. The number of nitrogens with one attached hydrogen (secondary N) is 1. The third-order valence-electron chi connectivity index (χ3n) is 5.26. The van der Waals surface area contributed by atoms with Gasteiger partial charge in [-0.3, -0.25) is 4.90 Å². The molecule has 0 aromatic heterocycles. The monoisotopic (exact) mass is 295 g/mol. The van der Waals surface area contributed by atoms with E-state index in [9.17, 15) is 4.79 Å². The van der Waals surface area contributed by atoms with E-state index in [-0.39, 0.29) is 12.1 Å². The van der Waals surface area contributed by atoms with Gasteiger partial charge in [0.2, 0.25) is 0 Å². The molecule has 3 fully saturated rings. The summed E-state index contributed by atoms with van der Waals surface area (Å²) in [5.74, 6) is 0.771. The number of rotatable bonds is 4. The Kier molecular flexibility index (Phi) is 5.01. The molecule has 0 unspecified atom stereocenters. The minimum atomic E-state index is 0.158. The maximum atomic E-state index is 12.5. The highest BCUT2D eigenvalue weighted by Gasteiger charge is 2.37. The van der Waals surface area contributed by atoms with Crippen molar-refractivity contribution < 1.29 is 9.53 Å². The standard InChI is InChI=1S/C16H29N3O2/c1-13(12-18-8-10-21-11-9-18)17-16(20)19-7-3-6-15(19)14-4-2-5-14/h13-15H,2-12H2,1H3,(H,17,20)/t13-,15+/m0/s1. The van der Waals surface area contributed by atoms with Crippen LogP contribution < -0.4 is 5.32 Å². The molecule has 3 rings (SSSR count). The van der Waals surface area contributed by atoms with E-state index >= 15 is 0 Å². The van der Waals surface area contributed by atoms with Crippen LogP contribution in [0.3, 0.4) is 0 Å². The van der Waals surface area contributed by atoms with Crippen LogP contribution in [-0.2, 0) is 4.74 Å². The number of hydrogen-bond acceptors (Lipinski definition) is 3. The van der Waals surface area contributed by atoms with Gasteiger partial charge in [-0.1, -0.05) is 6.42 Å². The van der Waals surface area contributed by atoms with Gasteiger partial charge in [-0.25, -0.2) is 4.79 Å². The molecule has 0 radical (unpaired) electrons. The van der Waals surface area contributed by atoms with Gasteiger partial charge in [-0.05, 0) is 38.5 Å². The van der Waals surface area contributed by atoms with Crippen LogP contribution in [0, 0.1) is 5.92 Å². The number of hydrogen-bond donors (Lipinski definition) is 1. The molecule has 3 aliphatic rings. The highest BCUT2D eigenvalue weighted by molar-refractivity contribution is 5.75. The van der Waals surface area contributed by atoms with Gasteiger partial charge in [0.05, 0.1) is 13.2 Å². The van der Waals surface area contributed by atoms with Crippen LogP contribution in [0.2, 0.25) is 0 Å². The fourth-order valence-corrected chi connectivity index (χ4v) is 3.87. The van der Waals surface area contributed by atoms with Crippen LogP contribution >= 0.6 is 0 Å². The Balaban J connectivity index is 1.45. The Hall–Kier alpha value is -0.810. The molecular weight excluding hydrogens is 266 g/mol. The maximum Gasteiger partial charge on any atom is 0.317 e. The van der Waals surface area contributed by atoms with Crippen molar-refractivity contribution in [1.29, 1.82) is 0 Å². The molecular formula is C16H29N3O2. The van der Waals surface area contributed by atoms with Crippen LogP contribution in [0.25, 0.3) is 0 Å².